The van der Waals surface area contributed by atoms with Crippen LogP contribution < -0.4 is 4.90 Å². The van der Waals surface area contributed by atoms with Crippen molar-refractivity contribution in [3.8, 4) is 0 Å². The van der Waals surface area contributed by atoms with Gasteiger partial charge in [-0.15, -0.1) is 0 Å². The summed E-state index contributed by atoms with van der Waals surface area (Å²) in [6.07, 6.45) is 2.45. The van der Waals surface area contributed by atoms with E-state index in [4.69, 9.17) is 16.3 Å². The van der Waals surface area contributed by atoms with Crippen molar-refractivity contribution in [1.82, 2.24) is 9.97 Å². The molecule has 1 aromatic heterocycles. The third-order valence-corrected chi connectivity index (χ3v) is 2.82. The lowest BCUT2D eigenvalue weighted by molar-refractivity contribution is -0.00189. The van der Waals surface area contributed by atoms with E-state index in [1.54, 1.807) is 12.4 Å². The monoisotopic (exact) mass is 243 g/mol. The smallest absolute Gasteiger partial charge is 0.171 e. The van der Waals surface area contributed by atoms with Crippen LogP contribution in [0.5, 0.6) is 0 Å². The molecule has 1 saturated heterocycles. The Balaban J connectivity index is 2.11. The molecule has 1 aliphatic heterocycles. The van der Waals surface area contributed by atoms with Crippen LogP contribution in [0.4, 0.5) is 5.82 Å². The molecule has 0 amide bonds. The van der Waals surface area contributed by atoms with E-state index in [1.165, 1.54) is 0 Å². The number of halogens is 1. The van der Waals surface area contributed by atoms with Gasteiger partial charge in [0.1, 0.15) is 6.10 Å². The quantitative estimate of drug-likeness (QED) is 0.848. The van der Waals surface area contributed by atoms with E-state index in [9.17, 15) is 5.11 Å². The fourth-order valence-electron chi connectivity index (χ4n) is 1.83. The third kappa shape index (κ3) is 2.26. The highest BCUT2D eigenvalue weighted by atomic mass is 35.5. The minimum absolute atomic E-state index is 0.178. The first-order chi connectivity index (χ1) is 7.72. The minimum atomic E-state index is -0.502. The molecule has 16 heavy (non-hydrogen) atoms. The molecule has 2 unspecified atom stereocenters. The van der Waals surface area contributed by atoms with E-state index >= 15 is 0 Å². The summed E-state index contributed by atoms with van der Waals surface area (Å²) in [6.45, 7) is 3.56. The van der Waals surface area contributed by atoms with E-state index < -0.39 is 6.10 Å². The van der Waals surface area contributed by atoms with Gasteiger partial charge in [-0.1, -0.05) is 11.6 Å². The Morgan fingerprint density at radius 1 is 1.50 bits per heavy atom. The van der Waals surface area contributed by atoms with Crippen LogP contribution in [0.15, 0.2) is 12.4 Å². The lowest BCUT2D eigenvalue weighted by atomic mass is 10.3. The molecular formula is C10H14ClN3O2. The van der Waals surface area contributed by atoms with Crippen molar-refractivity contribution >= 4 is 17.4 Å². The summed E-state index contributed by atoms with van der Waals surface area (Å²) in [5, 5.41) is 10.1. The Morgan fingerprint density at radius 3 is 2.94 bits per heavy atom. The first kappa shape index (κ1) is 11.6. The standard InChI is InChI=1S/C10H14ClN3O2/c1-2-16-8-6-14(5-7(8)15)10-9(11)12-3-4-13-10/h3-4,7-8,15H,2,5-6H2,1H3. The van der Waals surface area contributed by atoms with Gasteiger partial charge >= 0.3 is 0 Å². The Kier molecular flexibility index (Phi) is 3.58. The molecule has 0 aliphatic carbocycles. The van der Waals surface area contributed by atoms with E-state index in [1.807, 2.05) is 11.8 Å². The zero-order valence-electron chi connectivity index (χ0n) is 9.01. The maximum Gasteiger partial charge on any atom is 0.171 e. The van der Waals surface area contributed by atoms with Crippen LogP contribution in [-0.2, 0) is 4.74 Å². The number of aliphatic hydroxyl groups is 1. The van der Waals surface area contributed by atoms with Gasteiger partial charge in [0, 0.05) is 32.1 Å². The average Bonchev–Trinajstić information content (AvgIpc) is 2.61. The Bertz CT molecular complexity index is 364. The first-order valence-electron chi connectivity index (χ1n) is 5.23. The molecule has 2 rings (SSSR count). The number of aromatic nitrogens is 2. The lowest BCUT2D eigenvalue weighted by Gasteiger charge is -2.17. The molecule has 5 nitrogen and oxygen atoms in total. The summed E-state index contributed by atoms with van der Waals surface area (Å²) < 4.78 is 5.42. The fourth-order valence-corrected chi connectivity index (χ4v) is 2.06. The predicted octanol–water partition coefficient (Wildman–Crippen LogP) is 0.716. The molecule has 1 aromatic rings. The maximum absolute atomic E-state index is 9.78. The zero-order valence-corrected chi connectivity index (χ0v) is 9.76. The van der Waals surface area contributed by atoms with Gasteiger partial charge in [-0.25, -0.2) is 9.97 Å². The van der Waals surface area contributed by atoms with Crippen molar-refractivity contribution in [2.75, 3.05) is 24.6 Å². The SMILES string of the molecule is CCOC1CN(c2nccnc2Cl)CC1O. The first-order valence-corrected chi connectivity index (χ1v) is 5.61. The molecule has 6 heteroatoms. The summed E-state index contributed by atoms with van der Waals surface area (Å²) >= 11 is 5.94. The molecule has 2 heterocycles. The molecule has 88 valence electrons. The average molecular weight is 244 g/mol. The number of hydrogen-bond donors (Lipinski definition) is 1. The van der Waals surface area contributed by atoms with Crippen molar-refractivity contribution in [2.45, 2.75) is 19.1 Å². The van der Waals surface area contributed by atoms with Gasteiger partial charge < -0.3 is 14.7 Å². The van der Waals surface area contributed by atoms with E-state index in [0.29, 0.717) is 30.7 Å². The number of hydrogen-bond acceptors (Lipinski definition) is 5. The summed E-state index contributed by atoms with van der Waals surface area (Å²) in [6, 6.07) is 0. The molecule has 0 spiro atoms. The van der Waals surface area contributed by atoms with E-state index in [-0.39, 0.29) is 6.10 Å². The zero-order chi connectivity index (χ0) is 11.5. The molecular weight excluding hydrogens is 230 g/mol. The van der Waals surface area contributed by atoms with Crippen molar-refractivity contribution in [3.63, 3.8) is 0 Å². The Hall–Kier alpha value is -0.910. The summed E-state index contributed by atoms with van der Waals surface area (Å²) in [7, 11) is 0. The fraction of sp³-hybridized carbons (Fsp3) is 0.600. The highest BCUT2D eigenvalue weighted by Crippen LogP contribution is 2.25. The second-order valence-corrected chi connectivity index (χ2v) is 3.99. The molecule has 1 aliphatic rings. The predicted molar refractivity (Wildman–Crippen MR) is 60.7 cm³/mol. The molecule has 0 saturated carbocycles. The van der Waals surface area contributed by atoms with Gasteiger partial charge in [0.25, 0.3) is 0 Å². The van der Waals surface area contributed by atoms with Crippen LogP contribution in [0.2, 0.25) is 5.15 Å². The van der Waals surface area contributed by atoms with Crippen LogP contribution in [0.3, 0.4) is 0 Å². The van der Waals surface area contributed by atoms with Crippen LogP contribution in [-0.4, -0.2) is 47.0 Å². The second kappa shape index (κ2) is 4.95. The van der Waals surface area contributed by atoms with Crippen molar-refractivity contribution < 1.29 is 9.84 Å². The minimum Gasteiger partial charge on any atom is -0.388 e. The maximum atomic E-state index is 9.78. The third-order valence-electron chi connectivity index (χ3n) is 2.55. The van der Waals surface area contributed by atoms with E-state index in [0.717, 1.165) is 0 Å². The Labute approximate surface area is 99.0 Å². The van der Waals surface area contributed by atoms with Gasteiger partial charge in [0.15, 0.2) is 11.0 Å². The van der Waals surface area contributed by atoms with Crippen LogP contribution >= 0.6 is 11.6 Å². The van der Waals surface area contributed by atoms with Gasteiger partial charge in [-0.05, 0) is 6.92 Å². The molecule has 0 radical (unpaired) electrons. The number of ether oxygens (including phenoxy) is 1. The summed E-state index contributed by atoms with van der Waals surface area (Å²) in [5.74, 6) is 0.602. The molecule has 1 fully saturated rings. The molecule has 0 aromatic carbocycles. The second-order valence-electron chi connectivity index (χ2n) is 3.64. The van der Waals surface area contributed by atoms with Crippen molar-refractivity contribution in [2.24, 2.45) is 0 Å². The van der Waals surface area contributed by atoms with Crippen molar-refractivity contribution in [3.05, 3.63) is 17.5 Å². The number of β-amino-alcohol motifs (C(OH)–C–C–N with tert-alkyl or cyclic N) is 1. The number of nitrogens with zero attached hydrogens (tertiary/aromatic N) is 3. The highest BCUT2D eigenvalue weighted by Gasteiger charge is 2.33. The summed E-state index contributed by atoms with van der Waals surface area (Å²) in [5.41, 5.74) is 0. The molecule has 2 atom stereocenters. The normalized spacial score (nSPS) is 25.1. The number of anilines is 1. The number of aliphatic hydroxyl groups excluding tert-OH is 1. The van der Waals surface area contributed by atoms with Crippen LogP contribution in [0, 0.1) is 0 Å². The molecule has 0 bridgehead atoms. The Morgan fingerprint density at radius 2 is 2.25 bits per heavy atom. The van der Waals surface area contributed by atoms with Gasteiger partial charge in [0.2, 0.25) is 0 Å². The highest BCUT2D eigenvalue weighted by molar-refractivity contribution is 6.31. The lowest BCUT2D eigenvalue weighted by Crippen LogP contribution is -2.26. The topological polar surface area (TPSA) is 58.5 Å². The van der Waals surface area contributed by atoms with Crippen LogP contribution in [0.1, 0.15) is 6.92 Å². The number of rotatable bonds is 3. The van der Waals surface area contributed by atoms with E-state index in [2.05, 4.69) is 9.97 Å². The van der Waals surface area contributed by atoms with Crippen LogP contribution in [0.25, 0.3) is 0 Å². The largest absolute Gasteiger partial charge is 0.388 e. The molecule has 1 N–H and O–H groups in total. The van der Waals surface area contributed by atoms with Gasteiger partial charge in [-0.2, -0.15) is 0 Å². The van der Waals surface area contributed by atoms with Crippen molar-refractivity contribution in [1.29, 1.82) is 0 Å². The van der Waals surface area contributed by atoms with Gasteiger partial charge in [-0.3, -0.25) is 0 Å². The van der Waals surface area contributed by atoms with Gasteiger partial charge in [0.05, 0.1) is 6.10 Å². The summed E-state index contributed by atoms with van der Waals surface area (Å²) in [4.78, 5) is 10.0.